The number of pyridine rings is 1. The molecule has 13 heavy (non-hydrogen) atoms. The quantitative estimate of drug-likeness (QED) is 0.639. The average molecular weight is 256 g/mol. The van der Waals surface area contributed by atoms with Crippen molar-refractivity contribution in [2.75, 3.05) is 0 Å². The summed E-state index contributed by atoms with van der Waals surface area (Å²) in [7, 11) is 0. The maximum atomic E-state index is 12.7. The highest BCUT2D eigenvalue weighted by Gasteiger charge is 2.15. The molecule has 0 saturated carbocycles. The summed E-state index contributed by atoms with van der Waals surface area (Å²) in [6.07, 6.45) is -2.92. The zero-order valence-electron chi connectivity index (χ0n) is 6.28. The first kappa shape index (κ1) is 10.3. The predicted molar refractivity (Wildman–Crippen MR) is 44.6 cm³/mol. The lowest BCUT2D eigenvalue weighted by molar-refractivity contribution is 0.145. The van der Waals surface area contributed by atoms with Gasteiger partial charge in [0.15, 0.2) is 0 Å². The third-order valence-electron chi connectivity index (χ3n) is 1.48. The summed E-state index contributed by atoms with van der Waals surface area (Å²) in [5.74, 6) is -1.27. The second kappa shape index (κ2) is 3.95. The normalized spacial score (nSPS) is 10.8. The van der Waals surface area contributed by atoms with Crippen LogP contribution in [0.4, 0.5) is 13.2 Å². The molecule has 1 rings (SSSR count). The first-order valence-corrected chi connectivity index (χ1v) is 4.44. The Morgan fingerprint density at radius 1 is 1.54 bits per heavy atom. The van der Waals surface area contributed by atoms with Gasteiger partial charge >= 0.3 is 0 Å². The highest BCUT2D eigenvalue weighted by Crippen LogP contribution is 2.20. The minimum Gasteiger partial charge on any atom is -0.298 e. The van der Waals surface area contributed by atoms with Crippen LogP contribution in [-0.2, 0) is 5.33 Å². The van der Waals surface area contributed by atoms with Crippen LogP contribution >= 0.6 is 15.9 Å². The van der Waals surface area contributed by atoms with Crippen LogP contribution in [-0.4, -0.2) is 4.98 Å². The number of halogens is 4. The van der Waals surface area contributed by atoms with Gasteiger partial charge in [-0.3, -0.25) is 9.78 Å². The van der Waals surface area contributed by atoms with Gasteiger partial charge < -0.3 is 0 Å². The lowest BCUT2D eigenvalue weighted by atomic mass is 10.2. The summed E-state index contributed by atoms with van der Waals surface area (Å²) in [5, 5.41) is 0.113. The molecule has 1 aromatic heterocycles. The van der Waals surface area contributed by atoms with E-state index in [1.54, 1.807) is 4.98 Å². The summed E-state index contributed by atoms with van der Waals surface area (Å²) in [6.45, 7) is 0. The SMILES string of the molecule is O=c1[nH]c(F)c(C(F)F)cc1CBr. The Balaban J connectivity index is 3.31. The van der Waals surface area contributed by atoms with E-state index in [9.17, 15) is 18.0 Å². The van der Waals surface area contributed by atoms with Gasteiger partial charge in [-0.05, 0) is 6.07 Å². The van der Waals surface area contributed by atoms with Gasteiger partial charge in [-0.25, -0.2) is 8.78 Å². The molecule has 0 amide bonds. The smallest absolute Gasteiger partial charge is 0.268 e. The predicted octanol–water partition coefficient (Wildman–Crippen LogP) is 2.35. The summed E-state index contributed by atoms with van der Waals surface area (Å²) in [6, 6.07) is 0.855. The zero-order valence-corrected chi connectivity index (χ0v) is 7.87. The highest BCUT2D eigenvalue weighted by molar-refractivity contribution is 9.08. The Hall–Kier alpha value is -0.780. The molecule has 0 saturated heterocycles. The van der Waals surface area contributed by atoms with Crippen molar-refractivity contribution < 1.29 is 13.2 Å². The van der Waals surface area contributed by atoms with E-state index in [1.165, 1.54) is 0 Å². The molecular formula is C7H5BrF3NO. The number of hydrogen-bond acceptors (Lipinski definition) is 1. The first-order valence-electron chi connectivity index (χ1n) is 3.32. The van der Waals surface area contributed by atoms with Crippen LogP contribution in [0.5, 0.6) is 0 Å². The third kappa shape index (κ3) is 2.12. The molecule has 0 aliphatic heterocycles. The molecule has 0 aromatic carbocycles. The van der Waals surface area contributed by atoms with E-state index in [-0.39, 0.29) is 10.9 Å². The summed E-state index contributed by atoms with van der Waals surface area (Å²) >= 11 is 2.93. The number of alkyl halides is 3. The molecule has 72 valence electrons. The van der Waals surface area contributed by atoms with Crippen LogP contribution in [0.25, 0.3) is 0 Å². The molecule has 1 aromatic rings. The Morgan fingerprint density at radius 3 is 2.62 bits per heavy atom. The molecule has 0 atom stereocenters. The number of rotatable bonds is 2. The van der Waals surface area contributed by atoms with Crippen molar-refractivity contribution in [3.05, 3.63) is 33.5 Å². The van der Waals surface area contributed by atoms with E-state index in [0.717, 1.165) is 6.07 Å². The summed E-state index contributed by atoms with van der Waals surface area (Å²) in [5.41, 5.74) is -1.40. The zero-order chi connectivity index (χ0) is 10.0. The summed E-state index contributed by atoms with van der Waals surface area (Å²) in [4.78, 5) is 12.6. The molecule has 1 N–H and O–H groups in total. The molecule has 0 radical (unpaired) electrons. The second-order valence-electron chi connectivity index (χ2n) is 2.33. The molecule has 6 heteroatoms. The lowest BCUT2D eigenvalue weighted by Crippen LogP contribution is -2.15. The van der Waals surface area contributed by atoms with E-state index in [4.69, 9.17) is 0 Å². The molecule has 2 nitrogen and oxygen atoms in total. The Kier molecular flexibility index (Phi) is 3.13. The Bertz CT molecular complexity index is 363. The van der Waals surface area contributed by atoms with Gasteiger partial charge in [0.2, 0.25) is 5.95 Å². The first-order chi connectivity index (χ1) is 6.06. The largest absolute Gasteiger partial charge is 0.298 e. The van der Waals surface area contributed by atoms with Crippen LogP contribution in [0.1, 0.15) is 17.6 Å². The van der Waals surface area contributed by atoms with Crippen molar-refractivity contribution in [1.29, 1.82) is 0 Å². The molecular weight excluding hydrogens is 251 g/mol. The number of aromatic nitrogens is 1. The van der Waals surface area contributed by atoms with Crippen molar-refractivity contribution in [2.24, 2.45) is 0 Å². The minimum absolute atomic E-state index is 0.0803. The number of hydrogen-bond donors (Lipinski definition) is 1. The maximum absolute atomic E-state index is 12.7. The highest BCUT2D eigenvalue weighted by atomic mass is 79.9. The monoisotopic (exact) mass is 255 g/mol. The summed E-state index contributed by atoms with van der Waals surface area (Å²) < 4.78 is 36.9. The topological polar surface area (TPSA) is 32.9 Å². The molecule has 0 aliphatic rings. The van der Waals surface area contributed by atoms with Gasteiger partial charge in [0.1, 0.15) is 0 Å². The van der Waals surface area contributed by atoms with Crippen LogP contribution < -0.4 is 5.56 Å². The maximum Gasteiger partial charge on any atom is 0.268 e. The van der Waals surface area contributed by atoms with Gasteiger partial charge in [-0.15, -0.1) is 0 Å². The van der Waals surface area contributed by atoms with E-state index in [2.05, 4.69) is 15.9 Å². The number of aromatic amines is 1. The third-order valence-corrected chi connectivity index (χ3v) is 2.08. The van der Waals surface area contributed by atoms with E-state index in [1.807, 2.05) is 0 Å². The molecule has 0 aliphatic carbocycles. The number of H-pyrrole nitrogens is 1. The van der Waals surface area contributed by atoms with Gasteiger partial charge in [-0.2, -0.15) is 4.39 Å². The fourth-order valence-electron chi connectivity index (χ4n) is 0.827. The molecule has 1 heterocycles. The van der Waals surface area contributed by atoms with Gasteiger partial charge in [0, 0.05) is 10.9 Å². The fourth-order valence-corrected chi connectivity index (χ4v) is 1.24. The van der Waals surface area contributed by atoms with Crippen molar-refractivity contribution >= 4 is 15.9 Å². The lowest BCUT2D eigenvalue weighted by Gasteiger charge is -2.02. The second-order valence-corrected chi connectivity index (χ2v) is 2.89. The molecule has 0 unspecified atom stereocenters. The van der Waals surface area contributed by atoms with Crippen LogP contribution in [0, 0.1) is 5.95 Å². The van der Waals surface area contributed by atoms with Crippen molar-refractivity contribution in [3.8, 4) is 0 Å². The number of nitrogens with one attached hydrogen (secondary N) is 1. The fraction of sp³-hybridized carbons (Fsp3) is 0.286. The van der Waals surface area contributed by atoms with Gasteiger partial charge in [0.25, 0.3) is 12.0 Å². The van der Waals surface area contributed by atoms with Crippen molar-refractivity contribution in [3.63, 3.8) is 0 Å². The Labute approximate surface area is 79.9 Å². The molecule has 0 fully saturated rings. The molecule has 0 bridgehead atoms. The van der Waals surface area contributed by atoms with Crippen LogP contribution in [0.15, 0.2) is 10.9 Å². The average Bonchev–Trinajstić information content (AvgIpc) is 2.03. The molecule has 0 spiro atoms. The van der Waals surface area contributed by atoms with Crippen molar-refractivity contribution in [1.82, 2.24) is 4.98 Å². The van der Waals surface area contributed by atoms with Gasteiger partial charge in [0.05, 0.1) is 5.56 Å². The minimum atomic E-state index is -2.92. The van der Waals surface area contributed by atoms with Gasteiger partial charge in [-0.1, -0.05) is 15.9 Å². The van der Waals surface area contributed by atoms with Crippen LogP contribution in [0.2, 0.25) is 0 Å². The standard InChI is InChI=1S/C7H5BrF3NO/c8-2-3-1-4(5(9)10)6(11)12-7(3)13/h1,5H,2H2,(H,12,13). The van der Waals surface area contributed by atoms with Crippen LogP contribution in [0.3, 0.4) is 0 Å². The van der Waals surface area contributed by atoms with Crippen molar-refractivity contribution in [2.45, 2.75) is 11.8 Å². The Morgan fingerprint density at radius 2 is 2.15 bits per heavy atom. The van der Waals surface area contributed by atoms with E-state index in [0.29, 0.717) is 0 Å². The van der Waals surface area contributed by atoms with E-state index >= 15 is 0 Å². The van der Waals surface area contributed by atoms with E-state index < -0.39 is 23.5 Å².